The van der Waals surface area contributed by atoms with Crippen LogP contribution in [0.1, 0.15) is 90.4 Å². The Bertz CT molecular complexity index is 1530. The van der Waals surface area contributed by atoms with Crippen LogP contribution in [-0.2, 0) is 20.7 Å². The molecule has 1 heterocycles. The predicted octanol–water partition coefficient (Wildman–Crippen LogP) is 6.48. The van der Waals surface area contributed by atoms with Gasteiger partial charge < -0.3 is 29.7 Å². The molecule has 3 aromatic carbocycles. The predicted molar refractivity (Wildman–Crippen MR) is 176 cm³/mol. The molecule has 0 aromatic heterocycles. The van der Waals surface area contributed by atoms with E-state index in [0.29, 0.717) is 62.8 Å². The first-order chi connectivity index (χ1) is 22.2. The quantitative estimate of drug-likeness (QED) is 0.229. The summed E-state index contributed by atoms with van der Waals surface area (Å²) < 4.78 is 16.2. The topological polar surface area (TPSA) is 131 Å². The number of phenols is 2. The molecule has 0 radical (unpaired) electrons. The van der Waals surface area contributed by atoms with Gasteiger partial charge in [0.2, 0.25) is 5.91 Å². The number of nitrogens with one attached hydrogen (secondary N) is 1. The fraction of sp³-hybridized carbons (Fsp3) is 0.378. The van der Waals surface area contributed by atoms with Crippen LogP contribution in [0.2, 0.25) is 0 Å². The van der Waals surface area contributed by atoms with Gasteiger partial charge in [0, 0.05) is 37.3 Å². The van der Waals surface area contributed by atoms with Crippen molar-refractivity contribution in [2.24, 2.45) is 0 Å². The number of carbonyl (C=O) groups excluding carboxylic acids is 3. The largest absolute Gasteiger partial charge is 0.507 e. The lowest BCUT2D eigenvalue weighted by Crippen LogP contribution is -2.27. The van der Waals surface area contributed by atoms with Crippen molar-refractivity contribution in [3.63, 3.8) is 0 Å². The highest BCUT2D eigenvalue weighted by atomic mass is 16.5. The van der Waals surface area contributed by atoms with Crippen molar-refractivity contribution in [3.05, 3.63) is 88.5 Å². The smallest absolute Gasteiger partial charge is 0.342 e. The van der Waals surface area contributed by atoms with Gasteiger partial charge >= 0.3 is 5.97 Å². The zero-order valence-corrected chi connectivity index (χ0v) is 26.7. The molecule has 1 aliphatic rings. The Kier molecular flexibility index (Phi) is 12.2. The number of benzene rings is 3. The Morgan fingerprint density at radius 2 is 1.63 bits per heavy atom. The molecule has 2 atom stereocenters. The lowest BCUT2D eigenvalue weighted by Gasteiger charge is -2.23. The molecule has 3 aromatic rings. The van der Waals surface area contributed by atoms with Gasteiger partial charge in [0.25, 0.3) is 0 Å². The molecule has 46 heavy (non-hydrogen) atoms. The van der Waals surface area contributed by atoms with Crippen LogP contribution < -0.4 is 14.8 Å². The Morgan fingerprint density at radius 3 is 2.30 bits per heavy atom. The average molecular weight is 630 g/mol. The number of hydrogen-bond donors (Lipinski definition) is 3. The molecule has 1 aliphatic heterocycles. The molecule has 0 aliphatic carbocycles. The number of allylic oxidation sites excluding steroid dienone is 1. The van der Waals surface area contributed by atoms with Crippen LogP contribution in [0.5, 0.6) is 23.0 Å². The number of amides is 1. The minimum Gasteiger partial charge on any atom is -0.507 e. The van der Waals surface area contributed by atoms with Crippen molar-refractivity contribution < 1.29 is 38.8 Å². The van der Waals surface area contributed by atoms with E-state index in [2.05, 4.69) is 5.32 Å². The Morgan fingerprint density at radius 1 is 0.978 bits per heavy atom. The number of ketones is 1. The first-order valence-corrected chi connectivity index (χ1v) is 15.7. The zero-order valence-electron chi connectivity index (χ0n) is 26.7. The van der Waals surface area contributed by atoms with Gasteiger partial charge in [0.15, 0.2) is 0 Å². The maximum absolute atomic E-state index is 13.5. The first-order valence-electron chi connectivity index (χ1n) is 15.7. The van der Waals surface area contributed by atoms with Gasteiger partial charge in [0.1, 0.15) is 34.3 Å². The number of carbonyl (C=O) groups is 3. The van der Waals surface area contributed by atoms with Crippen LogP contribution in [0, 0.1) is 0 Å². The number of esters is 1. The lowest BCUT2D eigenvalue weighted by molar-refractivity contribution is -0.121. The number of cyclic esters (lactones) is 1. The maximum atomic E-state index is 13.5. The Balaban J connectivity index is 1.67. The van der Waals surface area contributed by atoms with Crippen molar-refractivity contribution in [3.8, 4) is 23.0 Å². The summed E-state index contributed by atoms with van der Waals surface area (Å²) in [5, 5.41) is 26.0. The molecule has 0 spiro atoms. The monoisotopic (exact) mass is 629 g/mol. The molecular weight excluding hydrogens is 586 g/mol. The SMILES string of the molecule is COc1ccc(CCNC(=O)CC(c2ccc(OC)cc2)c2c(O)cc3c(c2O)C(=O)O[C@@H](C)CCCC(=O)CCCC=C3)cc1. The number of hydrogen-bond acceptors (Lipinski definition) is 8. The van der Waals surface area contributed by atoms with Crippen molar-refractivity contribution in [1.29, 1.82) is 0 Å². The summed E-state index contributed by atoms with van der Waals surface area (Å²) in [5.74, 6) is -1.00. The second kappa shape index (κ2) is 16.5. The van der Waals surface area contributed by atoms with E-state index in [4.69, 9.17) is 14.2 Å². The highest BCUT2D eigenvalue weighted by Crippen LogP contribution is 2.44. The fourth-order valence-corrected chi connectivity index (χ4v) is 5.64. The third-order valence-corrected chi connectivity index (χ3v) is 8.20. The van der Waals surface area contributed by atoms with Gasteiger partial charge in [-0.3, -0.25) is 9.59 Å². The fourth-order valence-electron chi connectivity index (χ4n) is 5.64. The van der Waals surface area contributed by atoms with Crippen LogP contribution >= 0.6 is 0 Å². The van der Waals surface area contributed by atoms with Gasteiger partial charge in [-0.25, -0.2) is 4.79 Å². The molecule has 4 rings (SSSR count). The van der Waals surface area contributed by atoms with Crippen LogP contribution in [0.4, 0.5) is 0 Å². The van der Waals surface area contributed by atoms with Gasteiger partial charge in [-0.05, 0) is 86.1 Å². The zero-order chi connectivity index (χ0) is 33.1. The summed E-state index contributed by atoms with van der Waals surface area (Å²) >= 11 is 0. The van der Waals surface area contributed by atoms with E-state index in [1.807, 2.05) is 30.3 Å². The van der Waals surface area contributed by atoms with E-state index in [1.165, 1.54) is 6.07 Å². The van der Waals surface area contributed by atoms with E-state index >= 15 is 0 Å². The van der Waals surface area contributed by atoms with Crippen molar-refractivity contribution in [2.75, 3.05) is 20.8 Å². The maximum Gasteiger partial charge on any atom is 0.342 e. The normalized spacial score (nSPS) is 16.5. The standard InChI is InChI=1S/C37H43NO8/c1-24-8-7-11-28(39)10-6-4-5-9-27-22-32(40)35(36(42)34(27)37(43)46-24)31(26-14-18-30(45-3)19-15-26)23-33(41)38-21-20-25-12-16-29(44-2)17-13-25/h5,9,12-19,22,24,31,40,42H,4,6-8,10-11,20-21,23H2,1-3H3,(H,38,41)/t24-,31?/m0/s1. The van der Waals surface area contributed by atoms with Crippen LogP contribution in [0.15, 0.2) is 60.7 Å². The molecule has 1 unspecified atom stereocenters. The molecule has 0 saturated heterocycles. The lowest BCUT2D eigenvalue weighted by atomic mass is 9.84. The molecule has 1 amide bonds. The number of Topliss-reactive ketones (excluding diaryl/α,β-unsaturated/α-hetero) is 1. The minimum atomic E-state index is -0.800. The van der Waals surface area contributed by atoms with Crippen LogP contribution in [0.3, 0.4) is 0 Å². The third-order valence-electron chi connectivity index (χ3n) is 8.20. The van der Waals surface area contributed by atoms with E-state index in [1.54, 1.807) is 51.5 Å². The molecule has 0 bridgehead atoms. The summed E-state index contributed by atoms with van der Waals surface area (Å²) in [6.45, 7) is 2.13. The molecule has 244 valence electrons. The average Bonchev–Trinajstić information content (AvgIpc) is 3.04. The van der Waals surface area contributed by atoms with Crippen LogP contribution in [0.25, 0.3) is 6.08 Å². The van der Waals surface area contributed by atoms with Gasteiger partial charge in [-0.15, -0.1) is 0 Å². The van der Waals surface area contributed by atoms with Crippen molar-refractivity contribution >= 4 is 23.7 Å². The number of ether oxygens (including phenoxy) is 3. The third kappa shape index (κ3) is 9.12. The first kappa shape index (κ1) is 34.1. The number of phenolic OH excluding ortho intramolecular Hbond substituents is 2. The Labute approximate surface area is 270 Å². The van der Waals surface area contributed by atoms with Crippen LogP contribution in [-0.4, -0.2) is 54.7 Å². The van der Waals surface area contributed by atoms with E-state index in [-0.39, 0.29) is 40.6 Å². The van der Waals surface area contributed by atoms with Crippen molar-refractivity contribution in [1.82, 2.24) is 5.32 Å². The second-order valence-electron chi connectivity index (χ2n) is 11.5. The molecule has 9 heteroatoms. The van der Waals surface area contributed by atoms with E-state index < -0.39 is 23.7 Å². The molecule has 9 nitrogen and oxygen atoms in total. The molecule has 3 N–H and O–H groups in total. The summed E-state index contributed by atoms with van der Waals surface area (Å²) in [5.41, 5.74) is 1.93. The highest BCUT2D eigenvalue weighted by molar-refractivity contribution is 5.98. The summed E-state index contributed by atoms with van der Waals surface area (Å²) in [6.07, 6.45) is 6.69. The number of methoxy groups -OCH3 is 2. The molecular formula is C37H43NO8. The second-order valence-corrected chi connectivity index (χ2v) is 11.5. The van der Waals surface area contributed by atoms with Gasteiger partial charge in [0.05, 0.1) is 20.3 Å². The van der Waals surface area contributed by atoms with E-state index in [0.717, 1.165) is 11.3 Å². The number of rotatable bonds is 9. The van der Waals surface area contributed by atoms with Crippen molar-refractivity contribution in [2.45, 2.75) is 70.3 Å². The highest BCUT2D eigenvalue weighted by Gasteiger charge is 2.31. The molecule has 0 fully saturated rings. The Hall–Kier alpha value is -4.79. The number of aromatic hydroxyl groups is 2. The van der Waals surface area contributed by atoms with Gasteiger partial charge in [-0.2, -0.15) is 0 Å². The van der Waals surface area contributed by atoms with Gasteiger partial charge in [-0.1, -0.05) is 36.4 Å². The summed E-state index contributed by atoms with van der Waals surface area (Å²) in [4.78, 5) is 39.0. The number of fused-ring (bicyclic) bond motifs is 1. The molecule has 0 saturated carbocycles. The summed E-state index contributed by atoms with van der Waals surface area (Å²) in [6, 6.07) is 16.0. The van der Waals surface area contributed by atoms with E-state index in [9.17, 15) is 24.6 Å². The minimum absolute atomic E-state index is 0.0546. The summed E-state index contributed by atoms with van der Waals surface area (Å²) in [7, 11) is 3.15.